The molecule has 4 rings (SSSR count). The Bertz CT molecular complexity index is 1120. The molecule has 174 valence electrons. The highest BCUT2D eigenvalue weighted by Crippen LogP contribution is 2.38. The van der Waals surface area contributed by atoms with E-state index < -0.39 is 11.4 Å². The van der Waals surface area contributed by atoms with Crippen LogP contribution in [-0.2, 0) is 11.3 Å². The third kappa shape index (κ3) is 4.93. The molecule has 0 spiro atoms. The molecule has 33 heavy (non-hydrogen) atoms. The van der Waals surface area contributed by atoms with Gasteiger partial charge in [-0.25, -0.2) is 4.39 Å². The van der Waals surface area contributed by atoms with Crippen molar-refractivity contribution in [2.45, 2.75) is 26.0 Å². The molecule has 0 aromatic heterocycles. The molecule has 2 aromatic carbocycles. The third-order valence-electron chi connectivity index (χ3n) is 6.27. The molecule has 0 radical (unpaired) electrons. The Morgan fingerprint density at radius 1 is 1.27 bits per heavy atom. The Labute approximate surface area is 194 Å². The first kappa shape index (κ1) is 23.0. The molecule has 1 fully saturated rings. The lowest BCUT2D eigenvalue weighted by Gasteiger charge is -2.47. The zero-order chi connectivity index (χ0) is 23.8. The number of halogens is 1. The molecule has 6 nitrogen and oxygen atoms in total. The number of hydrogen-bond donors (Lipinski definition) is 1. The first-order valence-electron chi connectivity index (χ1n) is 11.1. The summed E-state index contributed by atoms with van der Waals surface area (Å²) in [5.74, 6) is -0.133. The summed E-state index contributed by atoms with van der Waals surface area (Å²) in [6, 6.07) is 8.24. The summed E-state index contributed by atoms with van der Waals surface area (Å²) < 4.78 is 20.5. The summed E-state index contributed by atoms with van der Waals surface area (Å²) in [4.78, 5) is 20.6. The van der Waals surface area contributed by atoms with Crippen molar-refractivity contribution in [3.63, 3.8) is 0 Å². The quantitative estimate of drug-likeness (QED) is 0.650. The average Bonchev–Trinajstić information content (AvgIpc) is 3.17. The van der Waals surface area contributed by atoms with Crippen LogP contribution in [0.4, 0.5) is 4.39 Å². The van der Waals surface area contributed by atoms with E-state index in [1.54, 1.807) is 12.1 Å². The molecule has 7 heteroatoms. The minimum Gasteiger partial charge on any atom is -0.505 e. The predicted octanol–water partition coefficient (Wildman–Crippen LogP) is 3.86. The Kier molecular flexibility index (Phi) is 6.26. The van der Waals surface area contributed by atoms with E-state index in [0.29, 0.717) is 30.9 Å². The molecule has 0 atom stereocenters. The van der Waals surface area contributed by atoms with Crippen LogP contribution in [0.3, 0.4) is 0 Å². The molecular weight excluding hydrogens is 421 g/mol. The van der Waals surface area contributed by atoms with Crippen LogP contribution in [0.5, 0.6) is 11.5 Å². The molecule has 2 heterocycles. The van der Waals surface area contributed by atoms with Crippen molar-refractivity contribution < 1.29 is 19.0 Å². The number of phenols is 1. The average molecular weight is 452 g/mol. The fourth-order valence-electron chi connectivity index (χ4n) is 4.07. The fourth-order valence-corrected chi connectivity index (χ4v) is 4.07. The number of carbonyl (C=O) groups is 1. The van der Waals surface area contributed by atoms with Gasteiger partial charge in [0.1, 0.15) is 11.4 Å². The van der Waals surface area contributed by atoms with E-state index in [4.69, 9.17) is 4.74 Å². The molecule has 1 saturated heterocycles. The van der Waals surface area contributed by atoms with E-state index in [-0.39, 0.29) is 17.6 Å². The monoisotopic (exact) mass is 451 g/mol. The molecule has 2 aliphatic rings. The molecule has 1 N–H and O–H groups in total. The second kappa shape index (κ2) is 8.98. The van der Waals surface area contributed by atoms with Gasteiger partial charge in [-0.05, 0) is 68.9 Å². The summed E-state index contributed by atoms with van der Waals surface area (Å²) in [6.45, 7) is 6.62. The number of phenolic OH excluding ortho intramolecular Hbond substituents is 1. The maximum absolute atomic E-state index is 13.9. The number of fused-ring (bicyclic) bond motifs is 1. The molecular formula is C26H30FN3O3. The SMILES string of the molecule is CN(C)C/C=C/C(=O)N1CC(C(C)(C)Oc2cc(-c3ccc(O)c(F)c3)cc3c2C=NC3)C1. The molecule has 0 unspecified atom stereocenters. The minimum atomic E-state index is -0.661. The van der Waals surface area contributed by atoms with E-state index in [2.05, 4.69) is 4.99 Å². The highest BCUT2D eigenvalue weighted by Gasteiger charge is 2.42. The van der Waals surface area contributed by atoms with Crippen LogP contribution in [-0.4, -0.2) is 66.4 Å². The minimum absolute atomic E-state index is 0.0216. The van der Waals surface area contributed by atoms with Crippen LogP contribution in [0.15, 0.2) is 47.5 Å². The van der Waals surface area contributed by atoms with Crippen LogP contribution in [0.25, 0.3) is 11.1 Å². The fraction of sp³-hybridized carbons (Fsp3) is 0.385. The van der Waals surface area contributed by atoms with Gasteiger partial charge in [0.15, 0.2) is 11.6 Å². The lowest BCUT2D eigenvalue weighted by atomic mass is 9.84. The maximum atomic E-state index is 13.9. The van der Waals surface area contributed by atoms with Gasteiger partial charge in [0.2, 0.25) is 5.91 Å². The number of aliphatic imine (C=N–C) groups is 1. The summed E-state index contributed by atoms with van der Waals surface area (Å²) >= 11 is 0. The largest absolute Gasteiger partial charge is 0.505 e. The number of hydrogen-bond acceptors (Lipinski definition) is 5. The predicted molar refractivity (Wildman–Crippen MR) is 127 cm³/mol. The van der Waals surface area contributed by atoms with Crippen LogP contribution in [0.2, 0.25) is 0 Å². The first-order chi connectivity index (χ1) is 15.6. The number of nitrogens with zero attached hydrogens (tertiary/aromatic N) is 3. The van der Waals surface area contributed by atoms with Crippen molar-refractivity contribution >= 4 is 12.1 Å². The zero-order valence-electron chi connectivity index (χ0n) is 19.5. The smallest absolute Gasteiger partial charge is 0.246 e. The Morgan fingerprint density at radius 2 is 2.03 bits per heavy atom. The van der Waals surface area contributed by atoms with Gasteiger partial charge < -0.3 is 19.6 Å². The summed E-state index contributed by atoms with van der Waals surface area (Å²) in [5.41, 5.74) is 2.91. The first-order valence-corrected chi connectivity index (χ1v) is 11.1. The number of likely N-dealkylation sites (N-methyl/N-ethyl adjacent to an activating group) is 1. The number of likely N-dealkylation sites (tertiary alicyclic amines) is 1. The van der Waals surface area contributed by atoms with Gasteiger partial charge in [-0.3, -0.25) is 9.79 Å². The normalized spacial score (nSPS) is 15.9. The van der Waals surface area contributed by atoms with Crippen molar-refractivity contribution in [2.75, 3.05) is 33.7 Å². The molecule has 0 saturated carbocycles. The van der Waals surface area contributed by atoms with Crippen LogP contribution < -0.4 is 4.74 Å². The second-order valence-electron chi connectivity index (χ2n) is 9.49. The van der Waals surface area contributed by atoms with E-state index in [1.807, 2.05) is 62.2 Å². The molecule has 0 bridgehead atoms. The standard InChI is InChI=1S/C26H30FN3O3/c1-26(2,20-15-30(16-20)25(32)6-5-9-29(3)4)33-24-12-18(10-19-13-28-14-21(19)24)17-7-8-23(31)22(27)11-17/h5-8,10-12,14,20,31H,9,13,15-16H2,1-4H3/b6-5+. The molecule has 2 aromatic rings. The number of carbonyl (C=O) groups excluding carboxylic acids is 1. The van der Waals surface area contributed by atoms with Crippen molar-refractivity contribution in [1.29, 1.82) is 0 Å². The summed E-state index contributed by atoms with van der Waals surface area (Å²) in [6.07, 6.45) is 5.32. The molecule has 1 amide bonds. The summed E-state index contributed by atoms with van der Waals surface area (Å²) in [7, 11) is 3.92. The number of amides is 1. The van der Waals surface area contributed by atoms with E-state index in [1.165, 1.54) is 12.1 Å². The van der Waals surface area contributed by atoms with Crippen molar-refractivity contribution in [2.24, 2.45) is 10.9 Å². The molecule has 0 aliphatic carbocycles. The van der Waals surface area contributed by atoms with Gasteiger partial charge in [-0.2, -0.15) is 0 Å². The number of aromatic hydroxyl groups is 1. The maximum Gasteiger partial charge on any atom is 0.246 e. The van der Waals surface area contributed by atoms with Crippen molar-refractivity contribution in [3.05, 3.63) is 59.4 Å². The highest BCUT2D eigenvalue weighted by atomic mass is 19.1. The Balaban J connectivity index is 1.50. The second-order valence-corrected chi connectivity index (χ2v) is 9.49. The van der Waals surface area contributed by atoms with Gasteiger partial charge in [0, 0.05) is 43.4 Å². The van der Waals surface area contributed by atoms with Crippen molar-refractivity contribution in [1.82, 2.24) is 9.80 Å². The van der Waals surface area contributed by atoms with Gasteiger partial charge in [0.05, 0.1) is 6.54 Å². The van der Waals surface area contributed by atoms with Gasteiger partial charge in [0.25, 0.3) is 0 Å². The Morgan fingerprint density at radius 3 is 2.73 bits per heavy atom. The van der Waals surface area contributed by atoms with Gasteiger partial charge in [-0.1, -0.05) is 12.1 Å². The number of rotatable bonds is 7. The van der Waals surface area contributed by atoms with Crippen LogP contribution >= 0.6 is 0 Å². The highest BCUT2D eigenvalue weighted by molar-refractivity contribution is 5.90. The van der Waals surface area contributed by atoms with Gasteiger partial charge in [-0.15, -0.1) is 0 Å². The van der Waals surface area contributed by atoms with E-state index in [9.17, 15) is 14.3 Å². The number of benzene rings is 2. The Hall–Kier alpha value is -3.19. The van der Waals surface area contributed by atoms with Crippen molar-refractivity contribution in [3.8, 4) is 22.6 Å². The zero-order valence-corrected chi connectivity index (χ0v) is 19.5. The lowest BCUT2D eigenvalue weighted by Crippen LogP contribution is -2.59. The topological polar surface area (TPSA) is 65.4 Å². The lowest BCUT2D eigenvalue weighted by molar-refractivity contribution is -0.137. The van der Waals surface area contributed by atoms with Crippen LogP contribution in [0.1, 0.15) is 25.0 Å². The van der Waals surface area contributed by atoms with Gasteiger partial charge >= 0.3 is 0 Å². The number of ether oxygens (including phenoxy) is 1. The molecule has 2 aliphatic heterocycles. The summed E-state index contributed by atoms with van der Waals surface area (Å²) in [5, 5.41) is 9.53. The van der Waals surface area contributed by atoms with E-state index >= 15 is 0 Å². The van der Waals surface area contributed by atoms with E-state index in [0.717, 1.165) is 23.2 Å². The van der Waals surface area contributed by atoms with Crippen LogP contribution in [0, 0.1) is 11.7 Å². The third-order valence-corrected chi connectivity index (χ3v) is 6.27.